The van der Waals surface area contributed by atoms with E-state index in [1.807, 2.05) is 24.3 Å². The molecule has 0 bridgehead atoms. The van der Waals surface area contributed by atoms with E-state index < -0.39 is 11.7 Å². The molecule has 2 aliphatic rings. The molecule has 0 aliphatic carbocycles. The second-order valence-corrected chi connectivity index (χ2v) is 9.05. The number of carbonyl (C=O) groups excluding carboxylic acids is 1. The SMILES string of the molecule is O=C1CCc2c(Oc3ccc4c(c3)CC(c3cc(-c5ccc(C(F)(F)F)cc5)n[nH]3)CO4)ccnc2N1. The van der Waals surface area contributed by atoms with Crippen molar-refractivity contribution in [2.24, 2.45) is 0 Å². The lowest BCUT2D eigenvalue weighted by atomic mass is 9.93. The van der Waals surface area contributed by atoms with Gasteiger partial charge < -0.3 is 14.8 Å². The summed E-state index contributed by atoms with van der Waals surface area (Å²) < 4.78 is 50.7. The average molecular weight is 506 g/mol. The summed E-state index contributed by atoms with van der Waals surface area (Å²) in [6, 6.07) is 14.2. The third kappa shape index (κ3) is 4.62. The minimum absolute atomic E-state index is 0.0117. The van der Waals surface area contributed by atoms with Crippen molar-refractivity contribution < 1.29 is 27.4 Å². The van der Waals surface area contributed by atoms with Crippen LogP contribution < -0.4 is 14.8 Å². The van der Waals surface area contributed by atoms with E-state index in [0.717, 1.165) is 34.7 Å². The van der Waals surface area contributed by atoms with Gasteiger partial charge in [0, 0.05) is 35.4 Å². The maximum absolute atomic E-state index is 12.9. The van der Waals surface area contributed by atoms with Crippen LogP contribution in [-0.2, 0) is 23.8 Å². The lowest BCUT2D eigenvalue weighted by Crippen LogP contribution is -2.20. The summed E-state index contributed by atoms with van der Waals surface area (Å²) in [6.45, 7) is 0.444. The van der Waals surface area contributed by atoms with Crippen LogP contribution in [0.25, 0.3) is 11.3 Å². The van der Waals surface area contributed by atoms with E-state index in [1.165, 1.54) is 12.1 Å². The molecule has 4 aromatic rings. The molecule has 6 rings (SSSR count). The van der Waals surface area contributed by atoms with Crippen molar-refractivity contribution in [2.75, 3.05) is 11.9 Å². The van der Waals surface area contributed by atoms with Gasteiger partial charge in [-0.2, -0.15) is 18.3 Å². The molecule has 0 radical (unpaired) electrons. The molecule has 2 aliphatic heterocycles. The number of hydrogen-bond acceptors (Lipinski definition) is 5. The lowest BCUT2D eigenvalue weighted by molar-refractivity contribution is -0.137. The molecule has 7 nitrogen and oxygen atoms in total. The van der Waals surface area contributed by atoms with Gasteiger partial charge in [0.05, 0.1) is 17.9 Å². The Morgan fingerprint density at radius 3 is 2.68 bits per heavy atom. The van der Waals surface area contributed by atoms with Gasteiger partial charge >= 0.3 is 6.18 Å². The number of carbonyl (C=O) groups is 1. The van der Waals surface area contributed by atoms with E-state index in [4.69, 9.17) is 9.47 Å². The van der Waals surface area contributed by atoms with Gasteiger partial charge in [-0.05, 0) is 60.9 Å². The number of H-pyrrole nitrogens is 1. The van der Waals surface area contributed by atoms with Crippen LogP contribution in [0.1, 0.15) is 34.7 Å². The van der Waals surface area contributed by atoms with Crippen molar-refractivity contribution in [1.82, 2.24) is 15.2 Å². The first-order chi connectivity index (χ1) is 17.8. The minimum Gasteiger partial charge on any atom is -0.493 e. The summed E-state index contributed by atoms with van der Waals surface area (Å²) in [5.74, 6) is 2.52. The third-order valence-corrected chi connectivity index (χ3v) is 6.58. The summed E-state index contributed by atoms with van der Waals surface area (Å²) in [5.41, 5.74) is 3.14. The van der Waals surface area contributed by atoms with E-state index in [9.17, 15) is 18.0 Å². The Balaban J connectivity index is 1.19. The summed E-state index contributed by atoms with van der Waals surface area (Å²) in [5, 5.41) is 10.1. The van der Waals surface area contributed by atoms with Crippen molar-refractivity contribution in [1.29, 1.82) is 0 Å². The van der Waals surface area contributed by atoms with Crippen molar-refractivity contribution in [3.8, 4) is 28.5 Å². The van der Waals surface area contributed by atoms with Crippen LogP contribution in [0.4, 0.5) is 19.0 Å². The van der Waals surface area contributed by atoms with Gasteiger partial charge in [0.2, 0.25) is 5.91 Å². The molecular weight excluding hydrogens is 485 g/mol. The molecule has 2 aromatic carbocycles. The molecule has 4 heterocycles. The van der Waals surface area contributed by atoms with Gasteiger partial charge in [-0.3, -0.25) is 9.89 Å². The zero-order valence-corrected chi connectivity index (χ0v) is 19.4. The fraction of sp³-hybridized carbons (Fsp3) is 0.222. The number of hydrogen-bond donors (Lipinski definition) is 2. The van der Waals surface area contributed by atoms with E-state index in [0.29, 0.717) is 54.4 Å². The fourth-order valence-electron chi connectivity index (χ4n) is 4.64. The van der Waals surface area contributed by atoms with E-state index in [1.54, 1.807) is 12.3 Å². The number of fused-ring (bicyclic) bond motifs is 2. The number of nitrogens with zero attached hydrogens (tertiary/aromatic N) is 2. The molecule has 2 N–H and O–H groups in total. The number of rotatable bonds is 4. The van der Waals surface area contributed by atoms with Crippen LogP contribution in [0, 0.1) is 0 Å². The highest BCUT2D eigenvalue weighted by Gasteiger charge is 2.30. The monoisotopic (exact) mass is 506 g/mol. The highest BCUT2D eigenvalue weighted by atomic mass is 19.4. The zero-order chi connectivity index (χ0) is 25.6. The molecular formula is C27H21F3N4O3. The smallest absolute Gasteiger partial charge is 0.416 e. The number of benzene rings is 2. The number of halogens is 3. The third-order valence-electron chi connectivity index (χ3n) is 6.58. The molecule has 0 fully saturated rings. The minimum atomic E-state index is -4.38. The highest BCUT2D eigenvalue weighted by molar-refractivity contribution is 5.93. The molecule has 188 valence electrons. The largest absolute Gasteiger partial charge is 0.493 e. The van der Waals surface area contributed by atoms with Gasteiger partial charge in [-0.15, -0.1) is 0 Å². The molecule has 10 heteroatoms. The van der Waals surface area contributed by atoms with E-state index in [2.05, 4.69) is 20.5 Å². The van der Waals surface area contributed by atoms with Gasteiger partial charge in [-0.25, -0.2) is 4.98 Å². The van der Waals surface area contributed by atoms with Crippen molar-refractivity contribution in [3.05, 3.63) is 83.2 Å². The van der Waals surface area contributed by atoms with Gasteiger partial charge in [0.25, 0.3) is 0 Å². The number of amides is 1. The standard InChI is InChI=1S/C27H21F3N4O3/c28-27(29,30)18-3-1-15(2-4-18)21-13-22(34-33-21)17-11-16-12-19(5-7-23(16)36-14-17)37-24-9-10-31-26-20(24)6-8-25(35)32-26/h1-5,7,9-10,12-13,17H,6,8,11,14H2,(H,33,34)(H,31,32,35). The van der Waals surface area contributed by atoms with E-state index >= 15 is 0 Å². The predicted octanol–water partition coefficient (Wildman–Crippen LogP) is 5.89. The Bertz CT molecular complexity index is 1480. The summed E-state index contributed by atoms with van der Waals surface area (Å²) in [6.07, 6.45) is -1.16. The summed E-state index contributed by atoms with van der Waals surface area (Å²) in [7, 11) is 0. The van der Waals surface area contributed by atoms with Crippen LogP contribution in [0.15, 0.2) is 60.8 Å². The molecule has 1 unspecified atom stereocenters. The van der Waals surface area contributed by atoms with Crippen LogP contribution in [0.3, 0.4) is 0 Å². The van der Waals surface area contributed by atoms with Crippen LogP contribution in [0.2, 0.25) is 0 Å². The summed E-state index contributed by atoms with van der Waals surface area (Å²) in [4.78, 5) is 15.9. The second-order valence-electron chi connectivity index (χ2n) is 9.05. The topological polar surface area (TPSA) is 89.1 Å². The first-order valence-electron chi connectivity index (χ1n) is 11.8. The van der Waals surface area contributed by atoms with Gasteiger partial charge in [0.15, 0.2) is 0 Å². The predicted molar refractivity (Wildman–Crippen MR) is 129 cm³/mol. The average Bonchev–Trinajstić information content (AvgIpc) is 3.38. The Labute approximate surface area is 209 Å². The number of ether oxygens (including phenoxy) is 2. The maximum Gasteiger partial charge on any atom is 0.416 e. The highest BCUT2D eigenvalue weighted by Crippen LogP contribution is 2.38. The van der Waals surface area contributed by atoms with Crippen LogP contribution in [0.5, 0.6) is 17.2 Å². The lowest BCUT2D eigenvalue weighted by Gasteiger charge is -2.25. The Hall–Kier alpha value is -4.34. The number of aromatic nitrogens is 3. The van der Waals surface area contributed by atoms with Crippen LogP contribution in [-0.4, -0.2) is 27.7 Å². The van der Waals surface area contributed by atoms with Crippen molar-refractivity contribution in [3.63, 3.8) is 0 Å². The molecule has 0 spiro atoms. The van der Waals surface area contributed by atoms with Crippen LogP contribution >= 0.6 is 0 Å². The molecule has 1 amide bonds. The Morgan fingerprint density at radius 2 is 1.86 bits per heavy atom. The zero-order valence-electron chi connectivity index (χ0n) is 19.4. The molecule has 37 heavy (non-hydrogen) atoms. The quantitative estimate of drug-likeness (QED) is 0.361. The Morgan fingerprint density at radius 1 is 1.03 bits per heavy atom. The normalized spacial score (nSPS) is 16.8. The van der Waals surface area contributed by atoms with Gasteiger partial charge in [0.1, 0.15) is 23.1 Å². The first-order valence-corrected chi connectivity index (χ1v) is 11.8. The molecule has 0 saturated carbocycles. The van der Waals surface area contributed by atoms with E-state index in [-0.39, 0.29) is 11.8 Å². The second kappa shape index (κ2) is 8.95. The molecule has 0 saturated heterocycles. The van der Waals surface area contributed by atoms with Crippen molar-refractivity contribution in [2.45, 2.75) is 31.4 Å². The Kier molecular flexibility index (Phi) is 5.58. The number of nitrogens with one attached hydrogen (secondary N) is 2. The van der Waals surface area contributed by atoms with Crippen molar-refractivity contribution >= 4 is 11.7 Å². The first kappa shape index (κ1) is 23.1. The molecule has 1 atom stereocenters. The van der Waals surface area contributed by atoms with Gasteiger partial charge in [-0.1, -0.05) is 12.1 Å². The number of aromatic amines is 1. The number of alkyl halides is 3. The number of anilines is 1. The summed E-state index contributed by atoms with van der Waals surface area (Å²) >= 11 is 0. The maximum atomic E-state index is 12.9. The molecule has 2 aromatic heterocycles. The number of pyridine rings is 1. The fourth-order valence-corrected chi connectivity index (χ4v) is 4.64.